The molecule has 1 aliphatic rings. The number of nitrogens with zero attached hydrogens (tertiary/aromatic N) is 2. The molecular formula is C19H30N2O4. The number of morpholine rings is 1. The van der Waals surface area contributed by atoms with Crippen LogP contribution in [0.2, 0.25) is 0 Å². The van der Waals surface area contributed by atoms with Crippen molar-refractivity contribution in [2.75, 3.05) is 53.0 Å². The lowest BCUT2D eigenvalue weighted by molar-refractivity contribution is -0.143. The molecule has 25 heavy (non-hydrogen) atoms. The number of carbonyl (C=O) groups is 1. The predicted molar refractivity (Wildman–Crippen MR) is 97.2 cm³/mol. The highest BCUT2D eigenvalue weighted by molar-refractivity contribution is 5.77. The number of carboxylic acids is 1. The lowest BCUT2D eigenvalue weighted by atomic mass is 10.0. The van der Waals surface area contributed by atoms with E-state index in [0.29, 0.717) is 12.3 Å². The molecule has 1 aliphatic heterocycles. The fraction of sp³-hybridized carbons (Fsp3) is 0.632. The summed E-state index contributed by atoms with van der Waals surface area (Å²) in [6.45, 7) is 9.85. The maximum Gasteiger partial charge on any atom is 0.325 e. The fourth-order valence-electron chi connectivity index (χ4n) is 3.35. The minimum Gasteiger partial charge on any atom is -0.496 e. The molecule has 0 amide bonds. The van der Waals surface area contributed by atoms with Crippen LogP contribution in [-0.2, 0) is 9.53 Å². The summed E-state index contributed by atoms with van der Waals surface area (Å²) in [7, 11) is 1.59. The first-order chi connectivity index (χ1) is 12.1. The molecule has 0 aliphatic carbocycles. The maximum atomic E-state index is 12.0. The zero-order valence-electron chi connectivity index (χ0n) is 15.5. The van der Waals surface area contributed by atoms with E-state index in [-0.39, 0.29) is 0 Å². The largest absolute Gasteiger partial charge is 0.496 e. The van der Waals surface area contributed by atoms with Gasteiger partial charge in [-0.1, -0.05) is 24.6 Å². The van der Waals surface area contributed by atoms with Crippen LogP contribution in [-0.4, -0.2) is 73.9 Å². The van der Waals surface area contributed by atoms with Crippen molar-refractivity contribution < 1.29 is 19.4 Å². The molecule has 1 aromatic rings. The number of hydrogen-bond acceptors (Lipinski definition) is 5. The van der Waals surface area contributed by atoms with Crippen molar-refractivity contribution in [2.45, 2.75) is 26.3 Å². The molecule has 0 saturated carbocycles. The third-order valence-corrected chi connectivity index (χ3v) is 4.71. The van der Waals surface area contributed by atoms with Crippen LogP contribution >= 0.6 is 0 Å². The Bertz CT molecular complexity index is 558. The molecule has 0 bridgehead atoms. The summed E-state index contributed by atoms with van der Waals surface area (Å²) in [5.74, 6) is -0.207. The third-order valence-electron chi connectivity index (χ3n) is 4.71. The van der Waals surface area contributed by atoms with Gasteiger partial charge < -0.3 is 14.6 Å². The molecular weight excluding hydrogens is 320 g/mol. The third kappa shape index (κ3) is 5.42. The number of aliphatic carboxylic acids is 1. The van der Waals surface area contributed by atoms with E-state index in [0.717, 1.165) is 56.9 Å². The summed E-state index contributed by atoms with van der Waals surface area (Å²) in [6.07, 6.45) is 0.936. The van der Waals surface area contributed by atoms with E-state index >= 15 is 0 Å². The summed E-state index contributed by atoms with van der Waals surface area (Å²) in [5, 5.41) is 9.86. The molecule has 1 atom stereocenters. The van der Waals surface area contributed by atoms with Crippen LogP contribution in [0, 0.1) is 6.92 Å². The van der Waals surface area contributed by atoms with Crippen LogP contribution in [0.1, 0.15) is 30.5 Å². The summed E-state index contributed by atoms with van der Waals surface area (Å²) in [5.41, 5.74) is 1.76. The highest BCUT2D eigenvalue weighted by atomic mass is 16.5. The average Bonchev–Trinajstić information content (AvgIpc) is 2.61. The van der Waals surface area contributed by atoms with Crippen molar-refractivity contribution in [3.05, 3.63) is 29.3 Å². The van der Waals surface area contributed by atoms with Gasteiger partial charge in [-0.15, -0.1) is 0 Å². The van der Waals surface area contributed by atoms with E-state index in [1.54, 1.807) is 7.11 Å². The molecule has 1 unspecified atom stereocenters. The van der Waals surface area contributed by atoms with Crippen LogP contribution in [0.4, 0.5) is 0 Å². The molecule has 0 radical (unpaired) electrons. The van der Waals surface area contributed by atoms with Gasteiger partial charge in [0.1, 0.15) is 11.8 Å². The standard InChI is InChI=1S/C19H30N2O4/c1-4-21(9-5-8-20-10-12-25-13-11-20)18(19(22)23)16-14-15(2)6-7-17(16)24-3/h6-7,14,18H,4-5,8-13H2,1-3H3,(H,22,23). The van der Waals surface area contributed by atoms with E-state index in [9.17, 15) is 9.90 Å². The Hall–Kier alpha value is -1.63. The molecule has 0 aromatic heterocycles. The van der Waals surface area contributed by atoms with Crippen molar-refractivity contribution in [2.24, 2.45) is 0 Å². The number of likely N-dealkylation sites (N-methyl/N-ethyl adjacent to an activating group) is 1. The average molecular weight is 350 g/mol. The Morgan fingerprint density at radius 1 is 1.40 bits per heavy atom. The molecule has 1 fully saturated rings. The van der Waals surface area contributed by atoms with Crippen molar-refractivity contribution in [1.82, 2.24) is 9.80 Å². The van der Waals surface area contributed by atoms with Gasteiger partial charge >= 0.3 is 5.97 Å². The SMILES string of the molecule is CCN(CCCN1CCOCC1)C(C(=O)O)c1cc(C)ccc1OC. The van der Waals surface area contributed by atoms with Crippen LogP contribution in [0.3, 0.4) is 0 Å². The molecule has 1 saturated heterocycles. The minimum absolute atomic E-state index is 0.629. The van der Waals surface area contributed by atoms with E-state index < -0.39 is 12.0 Å². The van der Waals surface area contributed by atoms with E-state index in [4.69, 9.17) is 9.47 Å². The fourth-order valence-corrected chi connectivity index (χ4v) is 3.35. The molecule has 6 heteroatoms. The molecule has 0 spiro atoms. The smallest absolute Gasteiger partial charge is 0.325 e. The van der Waals surface area contributed by atoms with Gasteiger partial charge in [0, 0.05) is 25.2 Å². The zero-order chi connectivity index (χ0) is 18.2. The summed E-state index contributed by atoms with van der Waals surface area (Å²) in [4.78, 5) is 16.4. The summed E-state index contributed by atoms with van der Waals surface area (Å²) in [6, 6.07) is 5.02. The van der Waals surface area contributed by atoms with Gasteiger partial charge in [-0.25, -0.2) is 0 Å². The number of rotatable bonds is 9. The quantitative estimate of drug-likeness (QED) is 0.736. The number of ether oxygens (including phenoxy) is 2. The van der Waals surface area contributed by atoms with E-state index in [1.807, 2.05) is 36.9 Å². The minimum atomic E-state index is -0.836. The second-order valence-electron chi connectivity index (χ2n) is 6.42. The highest BCUT2D eigenvalue weighted by Crippen LogP contribution is 2.30. The van der Waals surface area contributed by atoms with Gasteiger partial charge in [0.15, 0.2) is 0 Å². The molecule has 1 heterocycles. The first kappa shape index (κ1) is 19.7. The van der Waals surface area contributed by atoms with Crippen LogP contribution < -0.4 is 4.74 Å². The second kappa shape index (κ2) is 9.75. The van der Waals surface area contributed by atoms with Crippen LogP contribution in [0.5, 0.6) is 5.75 Å². The van der Waals surface area contributed by atoms with Crippen LogP contribution in [0.15, 0.2) is 18.2 Å². The number of hydrogen-bond donors (Lipinski definition) is 1. The first-order valence-corrected chi connectivity index (χ1v) is 8.98. The van der Waals surface area contributed by atoms with Crippen molar-refractivity contribution in [3.8, 4) is 5.75 Å². The number of aryl methyl sites for hydroxylation is 1. The Morgan fingerprint density at radius 3 is 2.72 bits per heavy atom. The van der Waals surface area contributed by atoms with Crippen molar-refractivity contribution >= 4 is 5.97 Å². The van der Waals surface area contributed by atoms with Crippen molar-refractivity contribution in [3.63, 3.8) is 0 Å². The lowest BCUT2D eigenvalue weighted by Gasteiger charge is -2.31. The molecule has 2 rings (SSSR count). The zero-order valence-corrected chi connectivity index (χ0v) is 15.5. The Morgan fingerprint density at radius 2 is 2.12 bits per heavy atom. The molecule has 140 valence electrons. The highest BCUT2D eigenvalue weighted by Gasteiger charge is 2.29. The van der Waals surface area contributed by atoms with Gasteiger partial charge in [0.2, 0.25) is 0 Å². The van der Waals surface area contributed by atoms with E-state index in [1.165, 1.54) is 0 Å². The summed E-state index contributed by atoms with van der Waals surface area (Å²) >= 11 is 0. The van der Waals surface area contributed by atoms with Crippen LogP contribution in [0.25, 0.3) is 0 Å². The van der Waals surface area contributed by atoms with Gasteiger partial charge in [-0.3, -0.25) is 14.6 Å². The Balaban J connectivity index is 2.08. The van der Waals surface area contributed by atoms with E-state index in [2.05, 4.69) is 4.90 Å². The number of methoxy groups -OCH3 is 1. The lowest BCUT2D eigenvalue weighted by Crippen LogP contribution is -2.39. The van der Waals surface area contributed by atoms with Gasteiger partial charge in [-0.05, 0) is 32.5 Å². The normalized spacial score (nSPS) is 16.8. The number of carboxylic acid groups (broad SMARTS) is 1. The monoisotopic (exact) mass is 350 g/mol. The topological polar surface area (TPSA) is 62.2 Å². The Labute approximate surface area is 150 Å². The second-order valence-corrected chi connectivity index (χ2v) is 6.42. The maximum absolute atomic E-state index is 12.0. The summed E-state index contributed by atoms with van der Waals surface area (Å²) < 4.78 is 10.8. The van der Waals surface area contributed by atoms with Gasteiger partial charge in [-0.2, -0.15) is 0 Å². The molecule has 1 aromatic carbocycles. The molecule has 6 nitrogen and oxygen atoms in total. The van der Waals surface area contributed by atoms with Crippen molar-refractivity contribution in [1.29, 1.82) is 0 Å². The van der Waals surface area contributed by atoms with Gasteiger partial charge in [0.25, 0.3) is 0 Å². The first-order valence-electron chi connectivity index (χ1n) is 8.98. The van der Waals surface area contributed by atoms with Gasteiger partial charge in [0.05, 0.1) is 20.3 Å². The Kier molecular flexibility index (Phi) is 7.68. The predicted octanol–water partition coefficient (Wildman–Crippen LogP) is 2.17. The molecule has 1 N–H and O–H groups in total. The number of benzene rings is 1.